The number of nitrogens with zero attached hydrogens (tertiary/aromatic N) is 2. The van der Waals surface area contributed by atoms with Gasteiger partial charge in [-0.25, -0.2) is 4.99 Å². The quantitative estimate of drug-likeness (QED) is 0.687. The molecule has 4 nitrogen and oxygen atoms in total. The standard InChI is InChI=1S/C20H23F3N2O2/c1-11-6-7-15(20(21,22)23)18-17(11)19(25(3)10-24-18)14-8-13(26-4)9-16(27-5)12(14)2/h7,9-11H,6,8H2,1-5H3. The molecule has 1 unspecified atom stereocenters. The summed E-state index contributed by atoms with van der Waals surface area (Å²) in [5.74, 6) is 1.27. The predicted octanol–water partition coefficient (Wildman–Crippen LogP) is 4.85. The summed E-state index contributed by atoms with van der Waals surface area (Å²) in [6.45, 7) is 3.85. The van der Waals surface area contributed by atoms with Crippen LogP contribution in [0.3, 0.4) is 0 Å². The number of methoxy groups -OCH3 is 2. The molecule has 0 spiro atoms. The molecular weight excluding hydrogens is 357 g/mol. The van der Waals surface area contributed by atoms with E-state index < -0.39 is 11.7 Å². The zero-order valence-electron chi connectivity index (χ0n) is 16.1. The maximum absolute atomic E-state index is 13.6. The normalized spacial score (nSPS) is 26.1. The Hall–Kier alpha value is -2.44. The summed E-state index contributed by atoms with van der Waals surface area (Å²) in [7, 11) is 4.95. The van der Waals surface area contributed by atoms with E-state index in [1.807, 2.05) is 19.9 Å². The van der Waals surface area contributed by atoms with Crippen molar-refractivity contribution in [1.82, 2.24) is 4.90 Å². The number of halogens is 3. The zero-order valence-corrected chi connectivity index (χ0v) is 16.1. The largest absolute Gasteiger partial charge is 0.501 e. The number of hydrogen-bond donors (Lipinski definition) is 0. The van der Waals surface area contributed by atoms with E-state index in [9.17, 15) is 13.2 Å². The molecule has 3 rings (SSSR count). The van der Waals surface area contributed by atoms with E-state index >= 15 is 0 Å². The van der Waals surface area contributed by atoms with E-state index in [2.05, 4.69) is 4.99 Å². The van der Waals surface area contributed by atoms with Crippen molar-refractivity contribution in [2.24, 2.45) is 10.9 Å². The van der Waals surface area contributed by atoms with Crippen molar-refractivity contribution < 1.29 is 22.6 Å². The van der Waals surface area contributed by atoms with Crippen molar-refractivity contribution in [3.8, 4) is 0 Å². The van der Waals surface area contributed by atoms with Crippen molar-refractivity contribution in [1.29, 1.82) is 0 Å². The van der Waals surface area contributed by atoms with Gasteiger partial charge in [-0.3, -0.25) is 0 Å². The summed E-state index contributed by atoms with van der Waals surface area (Å²) in [6, 6.07) is 0. The second-order valence-corrected chi connectivity index (χ2v) is 6.88. The highest BCUT2D eigenvalue weighted by atomic mass is 19.4. The van der Waals surface area contributed by atoms with Crippen molar-refractivity contribution in [3.05, 3.63) is 57.4 Å². The monoisotopic (exact) mass is 380 g/mol. The maximum atomic E-state index is 13.6. The molecule has 0 radical (unpaired) electrons. The van der Waals surface area contributed by atoms with Crippen LogP contribution in [0.5, 0.6) is 0 Å². The fourth-order valence-electron chi connectivity index (χ4n) is 3.76. The third kappa shape index (κ3) is 3.31. The lowest BCUT2D eigenvalue weighted by atomic mass is 9.80. The minimum atomic E-state index is -4.43. The lowest BCUT2D eigenvalue weighted by Gasteiger charge is -2.36. The number of alkyl halides is 3. The van der Waals surface area contributed by atoms with Gasteiger partial charge >= 0.3 is 6.18 Å². The minimum absolute atomic E-state index is 0.0159. The van der Waals surface area contributed by atoms with Crippen LogP contribution >= 0.6 is 0 Å². The summed E-state index contributed by atoms with van der Waals surface area (Å²) in [4.78, 5) is 5.94. The molecule has 1 atom stereocenters. The van der Waals surface area contributed by atoms with Gasteiger partial charge in [-0.05, 0) is 30.4 Å². The molecule has 7 heteroatoms. The van der Waals surface area contributed by atoms with Crippen LogP contribution in [-0.4, -0.2) is 38.7 Å². The van der Waals surface area contributed by atoms with E-state index in [1.165, 1.54) is 12.4 Å². The Balaban J connectivity index is 2.26. The number of aliphatic imine (C=N–C) groups is 1. The van der Waals surface area contributed by atoms with E-state index in [4.69, 9.17) is 9.47 Å². The molecule has 0 fully saturated rings. The number of hydrogen-bond acceptors (Lipinski definition) is 4. The highest BCUT2D eigenvalue weighted by molar-refractivity contribution is 5.71. The second-order valence-electron chi connectivity index (χ2n) is 6.88. The predicted molar refractivity (Wildman–Crippen MR) is 97.6 cm³/mol. The molecular formula is C20H23F3N2O2. The Bertz CT molecular complexity index is 842. The molecule has 0 saturated carbocycles. The molecule has 0 N–H and O–H groups in total. The van der Waals surface area contributed by atoms with Crippen LogP contribution in [0.2, 0.25) is 0 Å². The highest BCUT2D eigenvalue weighted by Crippen LogP contribution is 2.46. The average molecular weight is 380 g/mol. The van der Waals surface area contributed by atoms with Gasteiger partial charge in [-0.2, -0.15) is 13.2 Å². The number of likely N-dealkylation sites (N-methyl/N-ethyl adjacent to an activating group) is 1. The van der Waals surface area contributed by atoms with Crippen LogP contribution in [0, 0.1) is 5.92 Å². The Morgan fingerprint density at radius 3 is 2.52 bits per heavy atom. The SMILES string of the molecule is COC1=CC(OC)=C(C)C(=C2C3=C(N=CN2C)C(C(F)(F)F)=CCC3C)C1. The molecule has 3 aliphatic rings. The van der Waals surface area contributed by atoms with Gasteiger partial charge in [0, 0.05) is 25.1 Å². The highest BCUT2D eigenvalue weighted by Gasteiger charge is 2.42. The molecule has 1 aliphatic heterocycles. The smallest absolute Gasteiger partial charge is 0.418 e. The summed E-state index contributed by atoms with van der Waals surface area (Å²) < 4.78 is 51.5. The van der Waals surface area contributed by atoms with Gasteiger partial charge in [-0.1, -0.05) is 13.0 Å². The van der Waals surface area contributed by atoms with Gasteiger partial charge in [0.25, 0.3) is 0 Å². The van der Waals surface area contributed by atoms with Gasteiger partial charge in [-0.15, -0.1) is 0 Å². The van der Waals surface area contributed by atoms with Gasteiger partial charge in [0.2, 0.25) is 0 Å². The Kier molecular flexibility index (Phi) is 4.97. The van der Waals surface area contributed by atoms with Gasteiger partial charge in [0.15, 0.2) is 0 Å². The Morgan fingerprint density at radius 2 is 1.93 bits per heavy atom. The van der Waals surface area contributed by atoms with Crippen LogP contribution in [0.25, 0.3) is 0 Å². The van der Waals surface area contributed by atoms with Gasteiger partial charge in [0.1, 0.15) is 11.5 Å². The molecule has 1 heterocycles. The van der Waals surface area contributed by atoms with Crippen LogP contribution in [0.15, 0.2) is 62.3 Å². The van der Waals surface area contributed by atoms with Crippen LogP contribution < -0.4 is 0 Å². The average Bonchev–Trinajstić information content (AvgIpc) is 2.61. The molecule has 146 valence electrons. The lowest BCUT2D eigenvalue weighted by molar-refractivity contribution is -0.0901. The van der Waals surface area contributed by atoms with Crippen LogP contribution in [0.1, 0.15) is 26.7 Å². The first-order valence-electron chi connectivity index (χ1n) is 8.71. The first-order valence-corrected chi connectivity index (χ1v) is 8.71. The summed E-state index contributed by atoms with van der Waals surface area (Å²) >= 11 is 0. The molecule has 27 heavy (non-hydrogen) atoms. The molecule has 0 aromatic carbocycles. The molecule has 0 aromatic heterocycles. The molecule has 0 saturated heterocycles. The lowest BCUT2D eigenvalue weighted by Crippen LogP contribution is -2.31. The third-order valence-corrected chi connectivity index (χ3v) is 5.19. The van der Waals surface area contributed by atoms with Crippen molar-refractivity contribution in [2.75, 3.05) is 21.3 Å². The maximum Gasteiger partial charge on any atom is 0.418 e. The molecule has 2 aliphatic carbocycles. The number of ether oxygens (including phenoxy) is 2. The van der Waals surface area contributed by atoms with Crippen molar-refractivity contribution >= 4 is 6.34 Å². The summed E-state index contributed by atoms with van der Waals surface area (Å²) in [6.07, 6.45) is 0.883. The molecule has 0 bridgehead atoms. The Morgan fingerprint density at radius 1 is 1.22 bits per heavy atom. The minimum Gasteiger partial charge on any atom is -0.501 e. The van der Waals surface area contributed by atoms with Gasteiger partial charge in [0.05, 0.1) is 37.5 Å². The third-order valence-electron chi connectivity index (χ3n) is 5.19. The second kappa shape index (κ2) is 6.94. The van der Waals surface area contributed by atoms with Crippen molar-refractivity contribution in [2.45, 2.75) is 32.9 Å². The van der Waals surface area contributed by atoms with E-state index in [1.54, 1.807) is 26.2 Å². The van der Waals surface area contributed by atoms with Crippen molar-refractivity contribution in [3.63, 3.8) is 0 Å². The van der Waals surface area contributed by atoms with Crippen LogP contribution in [-0.2, 0) is 9.47 Å². The molecule has 0 amide bonds. The molecule has 0 aromatic rings. The van der Waals surface area contributed by atoms with Crippen LogP contribution in [0.4, 0.5) is 13.2 Å². The summed E-state index contributed by atoms with van der Waals surface area (Å²) in [5.41, 5.74) is 2.50. The van der Waals surface area contributed by atoms with E-state index in [-0.39, 0.29) is 11.6 Å². The first kappa shape index (κ1) is 19.3. The summed E-state index contributed by atoms with van der Waals surface area (Å²) in [5, 5.41) is 0. The van der Waals surface area contributed by atoms with E-state index in [0.29, 0.717) is 29.9 Å². The zero-order chi connectivity index (χ0) is 19.9. The van der Waals surface area contributed by atoms with Gasteiger partial charge < -0.3 is 14.4 Å². The Labute approximate surface area is 157 Å². The number of allylic oxidation sites excluding steroid dienone is 6. The van der Waals surface area contributed by atoms with E-state index in [0.717, 1.165) is 16.8 Å². The number of rotatable bonds is 2. The first-order chi connectivity index (χ1) is 12.7. The topological polar surface area (TPSA) is 34.1 Å². The fraction of sp³-hybridized carbons (Fsp3) is 0.450. The fourth-order valence-corrected chi connectivity index (χ4v) is 3.76.